The molecule has 3 nitrogen and oxygen atoms in total. The summed E-state index contributed by atoms with van der Waals surface area (Å²) in [6.45, 7) is 2.47. The van der Waals surface area contributed by atoms with Crippen LogP contribution in [0, 0.1) is 0 Å². The molecular weight excluding hydrogens is 226 g/mol. The maximum Gasteiger partial charge on any atom is 0.323 e. The van der Waals surface area contributed by atoms with Gasteiger partial charge in [-0.15, -0.1) is 0 Å². The van der Waals surface area contributed by atoms with Gasteiger partial charge in [0.1, 0.15) is 12.6 Å². The summed E-state index contributed by atoms with van der Waals surface area (Å²) >= 11 is 0. The molecule has 2 N–H and O–H groups in total. The number of esters is 1. The van der Waals surface area contributed by atoms with Gasteiger partial charge in [0.15, 0.2) is 0 Å². The summed E-state index contributed by atoms with van der Waals surface area (Å²) in [4.78, 5) is 11.6. The van der Waals surface area contributed by atoms with Gasteiger partial charge in [0.05, 0.1) is 0 Å². The lowest BCUT2D eigenvalue weighted by molar-refractivity contribution is -0.146. The van der Waals surface area contributed by atoms with Gasteiger partial charge in [-0.1, -0.05) is 62.9 Å². The van der Waals surface area contributed by atoms with Gasteiger partial charge >= 0.3 is 5.97 Å². The first-order valence-corrected chi connectivity index (χ1v) is 6.70. The van der Waals surface area contributed by atoms with E-state index in [0.717, 1.165) is 18.4 Å². The third-order valence-electron chi connectivity index (χ3n) is 2.90. The van der Waals surface area contributed by atoms with Crippen LogP contribution in [0.2, 0.25) is 0 Å². The van der Waals surface area contributed by atoms with Gasteiger partial charge in [0, 0.05) is 0 Å². The first-order valence-electron chi connectivity index (χ1n) is 6.70. The van der Waals surface area contributed by atoms with E-state index in [-0.39, 0.29) is 5.97 Å². The molecule has 0 fully saturated rings. The zero-order chi connectivity index (χ0) is 13.2. The fraction of sp³-hybridized carbons (Fsp3) is 0.533. The van der Waals surface area contributed by atoms with E-state index in [1.165, 1.54) is 12.8 Å². The predicted molar refractivity (Wildman–Crippen MR) is 73.0 cm³/mol. The molecule has 1 unspecified atom stereocenters. The Morgan fingerprint density at radius 3 is 2.61 bits per heavy atom. The molecule has 1 aromatic rings. The molecule has 0 aromatic heterocycles. The van der Waals surface area contributed by atoms with Crippen molar-refractivity contribution in [3.63, 3.8) is 0 Å². The van der Waals surface area contributed by atoms with Gasteiger partial charge in [-0.3, -0.25) is 4.79 Å². The lowest BCUT2D eigenvalue weighted by atomic mass is 10.1. The smallest absolute Gasteiger partial charge is 0.323 e. The van der Waals surface area contributed by atoms with E-state index >= 15 is 0 Å². The molecule has 0 spiro atoms. The zero-order valence-corrected chi connectivity index (χ0v) is 11.1. The molecule has 0 aliphatic heterocycles. The predicted octanol–water partition coefficient (Wildman–Crippen LogP) is 3.03. The van der Waals surface area contributed by atoms with Gasteiger partial charge in [-0.2, -0.15) is 0 Å². The number of nitrogens with two attached hydrogens (primary N) is 1. The van der Waals surface area contributed by atoms with Crippen molar-refractivity contribution in [1.82, 2.24) is 0 Å². The molecule has 0 aliphatic rings. The number of rotatable bonds is 8. The SMILES string of the molecule is CCCCCCC(N)C(=O)OCc1ccccc1. The van der Waals surface area contributed by atoms with Crippen LogP contribution in [-0.2, 0) is 16.1 Å². The minimum Gasteiger partial charge on any atom is -0.460 e. The Kier molecular flexibility index (Phi) is 7.11. The van der Waals surface area contributed by atoms with Crippen LogP contribution in [0.1, 0.15) is 44.6 Å². The quantitative estimate of drug-likeness (QED) is 0.569. The molecule has 0 aliphatic carbocycles. The van der Waals surface area contributed by atoms with Crippen molar-refractivity contribution in [3.05, 3.63) is 35.9 Å². The topological polar surface area (TPSA) is 52.3 Å². The van der Waals surface area contributed by atoms with Crippen LogP contribution < -0.4 is 5.73 Å². The normalized spacial score (nSPS) is 12.1. The molecule has 0 amide bonds. The number of benzene rings is 1. The Bertz CT molecular complexity index is 338. The highest BCUT2D eigenvalue weighted by atomic mass is 16.5. The molecule has 0 saturated carbocycles. The number of hydrogen-bond acceptors (Lipinski definition) is 3. The van der Waals surface area contributed by atoms with Crippen molar-refractivity contribution in [2.24, 2.45) is 5.73 Å². The Morgan fingerprint density at radius 1 is 1.22 bits per heavy atom. The largest absolute Gasteiger partial charge is 0.460 e. The number of carbonyl (C=O) groups is 1. The summed E-state index contributed by atoms with van der Waals surface area (Å²) in [6, 6.07) is 9.16. The van der Waals surface area contributed by atoms with Crippen LogP contribution in [-0.4, -0.2) is 12.0 Å². The second-order valence-corrected chi connectivity index (χ2v) is 4.55. The summed E-state index contributed by atoms with van der Waals surface area (Å²) in [7, 11) is 0. The van der Waals surface area contributed by atoms with Crippen molar-refractivity contribution in [2.75, 3.05) is 0 Å². The first kappa shape index (κ1) is 14.7. The second kappa shape index (κ2) is 8.70. The van der Waals surface area contributed by atoms with E-state index in [0.29, 0.717) is 13.0 Å². The van der Waals surface area contributed by atoms with Gasteiger partial charge in [-0.25, -0.2) is 0 Å². The zero-order valence-electron chi connectivity index (χ0n) is 11.1. The van der Waals surface area contributed by atoms with Gasteiger partial charge in [0.25, 0.3) is 0 Å². The number of unbranched alkanes of at least 4 members (excludes halogenated alkanes) is 3. The standard InChI is InChI=1S/C15H23NO2/c1-2-3-4-8-11-14(16)15(17)18-12-13-9-6-5-7-10-13/h5-7,9-10,14H,2-4,8,11-12,16H2,1H3. The summed E-state index contributed by atoms with van der Waals surface area (Å²) in [5, 5.41) is 0. The Balaban J connectivity index is 2.19. The first-order chi connectivity index (χ1) is 8.74. The minimum absolute atomic E-state index is 0.296. The van der Waals surface area contributed by atoms with E-state index in [1.807, 2.05) is 30.3 Å². The lowest BCUT2D eigenvalue weighted by Gasteiger charge is -2.11. The lowest BCUT2D eigenvalue weighted by Crippen LogP contribution is -2.32. The third kappa shape index (κ3) is 5.82. The monoisotopic (exact) mass is 249 g/mol. The van der Waals surface area contributed by atoms with E-state index < -0.39 is 6.04 Å². The van der Waals surface area contributed by atoms with Crippen molar-refractivity contribution in [2.45, 2.75) is 51.7 Å². The van der Waals surface area contributed by atoms with E-state index in [4.69, 9.17) is 10.5 Å². The Labute approximate surface area is 109 Å². The minimum atomic E-state index is -0.481. The molecule has 0 radical (unpaired) electrons. The van der Waals surface area contributed by atoms with Crippen molar-refractivity contribution in [1.29, 1.82) is 0 Å². The van der Waals surface area contributed by atoms with Crippen LogP contribution in [0.3, 0.4) is 0 Å². The summed E-state index contributed by atoms with van der Waals surface area (Å²) in [5.41, 5.74) is 6.78. The van der Waals surface area contributed by atoms with Crippen LogP contribution in [0.15, 0.2) is 30.3 Å². The number of carbonyl (C=O) groups excluding carboxylic acids is 1. The summed E-state index contributed by atoms with van der Waals surface area (Å²) in [6.07, 6.45) is 5.23. The maximum absolute atomic E-state index is 11.6. The molecule has 1 aromatic carbocycles. The highest BCUT2D eigenvalue weighted by Gasteiger charge is 2.14. The third-order valence-corrected chi connectivity index (χ3v) is 2.90. The summed E-state index contributed by atoms with van der Waals surface area (Å²) in [5.74, 6) is -0.296. The molecule has 100 valence electrons. The fourth-order valence-electron chi connectivity index (χ4n) is 1.74. The molecule has 1 rings (SSSR count). The second-order valence-electron chi connectivity index (χ2n) is 4.55. The van der Waals surface area contributed by atoms with Crippen molar-refractivity contribution in [3.8, 4) is 0 Å². The van der Waals surface area contributed by atoms with Crippen molar-refractivity contribution >= 4 is 5.97 Å². The number of ether oxygens (including phenoxy) is 1. The Hall–Kier alpha value is -1.35. The summed E-state index contributed by atoms with van der Waals surface area (Å²) < 4.78 is 5.18. The number of hydrogen-bond donors (Lipinski definition) is 1. The molecule has 1 atom stereocenters. The highest BCUT2D eigenvalue weighted by molar-refractivity contribution is 5.75. The van der Waals surface area contributed by atoms with Crippen LogP contribution in [0.25, 0.3) is 0 Å². The molecular formula is C15H23NO2. The van der Waals surface area contributed by atoms with E-state index in [9.17, 15) is 4.79 Å². The fourth-order valence-corrected chi connectivity index (χ4v) is 1.74. The van der Waals surface area contributed by atoms with E-state index in [1.54, 1.807) is 0 Å². The van der Waals surface area contributed by atoms with Crippen LogP contribution >= 0.6 is 0 Å². The molecule has 0 bridgehead atoms. The Morgan fingerprint density at radius 2 is 1.94 bits per heavy atom. The van der Waals surface area contributed by atoms with Gasteiger partial charge < -0.3 is 10.5 Å². The average Bonchev–Trinajstić information content (AvgIpc) is 2.42. The van der Waals surface area contributed by atoms with Gasteiger partial charge in [0.2, 0.25) is 0 Å². The molecule has 18 heavy (non-hydrogen) atoms. The van der Waals surface area contributed by atoms with Crippen LogP contribution in [0.5, 0.6) is 0 Å². The maximum atomic E-state index is 11.6. The van der Waals surface area contributed by atoms with E-state index in [2.05, 4.69) is 6.92 Å². The molecule has 3 heteroatoms. The van der Waals surface area contributed by atoms with Gasteiger partial charge in [-0.05, 0) is 12.0 Å². The molecule has 0 saturated heterocycles. The highest BCUT2D eigenvalue weighted by Crippen LogP contribution is 2.07. The van der Waals surface area contributed by atoms with Crippen molar-refractivity contribution < 1.29 is 9.53 Å². The average molecular weight is 249 g/mol. The van der Waals surface area contributed by atoms with Crippen LogP contribution in [0.4, 0.5) is 0 Å². The molecule has 0 heterocycles.